The number of aryl methyl sites for hydroxylation is 1. The van der Waals surface area contributed by atoms with Gasteiger partial charge in [0.1, 0.15) is 5.82 Å². The molecule has 0 saturated carbocycles. The number of halogens is 3. The van der Waals surface area contributed by atoms with Crippen molar-refractivity contribution >= 4 is 30.7 Å². The molecule has 0 spiro atoms. The van der Waals surface area contributed by atoms with Crippen LogP contribution in [0.1, 0.15) is 22.3 Å². The molecule has 4 rings (SSSR count). The maximum atomic E-state index is 13.9. The fourth-order valence-electron chi connectivity index (χ4n) is 4.03. The second-order valence-corrected chi connectivity index (χ2v) is 7.52. The van der Waals surface area contributed by atoms with Crippen LogP contribution in [0.3, 0.4) is 0 Å². The molecule has 2 aromatic carbocycles. The zero-order valence-electron chi connectivity index (χ0n) is 16.6. The Labute approximate surface area is 184 Å². The lowest BCUT2D eigenvalue weighted by Gasteiger charge is -2.37. The van der Waals surface area contributed by atoms with Gasteiger partial charge in [-0.3, -0.25) is 9.69 Å². The van der Waals surface area contributed by atoms with Crippen molar-refractivity contribution in [2.24, 2.45) is 0 Å². The van der Waals surface area contributed by atoms with E-state index in [-0.39, 0.29) is 36.5 Å². The van der Waals surface area contributed by atoms with Crippen LogP contribution in [0, 0.1) is 12.7 Å². The molecule has 29 heavy (non-hydrogen) atoms. The smallest absolute Gasteiger partial charge is 0.253 e. The van der Waals surface area contributed by atoms with Crippen molar-refractivity contribution in [1.29, 1.82) is 0 Å². The molecule has 2 saturated heterocycles. The molecule has 2 heterocycles. The van der Waals surface area contributed by atoms with Crippen LogP contribution in [0.4, 0.5) is 4.39 Å². The zero-order chi connectivity index (χ0) is 18.8. The summed E-state index contributed by atoms with van der Waals surface area (Å²) in [6.45, 7) is 7.29. The number of carbonyl (C=O) groups is 1. The van der Waals surface area contributed by atoms with E-state index in [2.05, 4.69) is 10.2 Å². The van der Waals surface area contributed by atoms with E-state index in [0.29, 0.717) is 17.2 Å². The van der Waals surface area contributed by atoms with E-state index in [1.165, 1.54) is 12.5 Å². The lowest BCUT2D eigenvalue weighted by Crippen LogP contribution is -2.52. The Bertz CT molecular complexity index is 835. The molecule has 0 aromatic heterocycles. The number of carbonyl (C=O) groups excluding carboxylic acids is 1. The third kappa shape index (κ3) is 5.28. The predicted molar refractivity (Wildman–Crippen MR) is 120 cm³/mol. The van der Waals surface area contributed by atoms with Crippen LogP contribution in [0.15, 0.2) is 42.5 Å². The number of nitrogens with zero attached hydrogens (tertiary/aromatic N) is 2. The van der Waals surface area contributed by atoms with E-state index in [1.54, 1.807) is 13.0 Å². The normalized spacial score (nSPS) is 19.4. The van der Waals surface area contributed by atoms with Gasteiger partial charge in [0, 0.05) is 44.3 Å². The monoisotopic (exact) mass is 439 g/mol. The van der Waals surface area contributed by atoms with E-state index < -0.39 is 0 Å². The van der Waals surface area contributed by atoms with Gasteiger partial charge in [0.05, 0.1) is 0 Å². The first kappa shape index (κ1) is 23.6. The summed E-state index contributed by atoms with van der Waals surface area (Å²) >= 11 is 0. The minimum Gasteiger partial charge on any atom is -0.336 e. The molecule has 2 fully saturated rings. The number of nitrogens with one attached hydrogen (secondary N) is 1. The molecule has 2 aliphatic rings. The summed E-state index contributed by atoms with van der Waals surface area (Å²) in [5.74, 6) is -0.157. The topological polar surface area (TPSA) is 35.6 Å². The van der Waals surface area contributed by atoms with Crippen molar-refractivity contribution in [3.8, 4) is 11.1 Å². The third-order valence-corrected chi connectivity index (χ3v) is 5.77. The maximum absolute atomic E-state index is 13.9. The van der Waals surface area contributed by atoms with Crippen LogP contribution in [0.25, 0.3) is 11.1 Å². The SMILES string of the molecule is Cc1ccc(-c2cccc(C(=O)N3CCN(C4CCNC4)CC3)c2)cc1F.Cl.Cl. The molecule has 1 N–H and O–H groups in total. The molecule has 2 aliphatic heterocycles. The number of amides is 1. The highest BCUT2D eigenvalue weighted by Crippen LogP contribution is 2.24. The Kier molecular flexibility index (Phi) is 8.46. The summed E-state index contributed by atoms with van der Waals surface area (Å²) in [5.41, 5.74) is 2.97. The molecule has 7 heteroatoms. The molecule has 0 bridgehead atoms. The Morgan fingerprint density at radius 1 is 1.03 bits per heavy atom. The highest BCUT2D eigenvalue weighted by Gasteiger charge is 2.28. The summed E-state index contributed by atoms with van der Waals surface area (Å²) in [5, 5.41) is 3.41. The fourth-order valence-corrected chi connectivity index (χ4v) is 4.03. The molecule has 1 atom stereocenters. The van der Waals surface area contributed by atoms with Gasteiger partial charge in [-0.1, -0.05) is 24.3 Å². The Balaban J connectivity index is 0.00000150. The number of benzene rings is 2. The van der Waals surface area contributed by atoms with Gasteiger partial charge in [-0.25, -0.2) is 4.39 Å². The van der Waals surface area contributed by atoms with Crippen molar-refractivity contribution < 1.29 is 9.18 Å². The van der Waals surface area contributed by atoms with Crippen molar-refractivity contribution in [2.45, 2.75) is 19.4 Å². The van der Waals surface area contributed by atoms with Gasteiger partial charge in [0.15, 0.2) is 0 Å². The summed E-state index contributed by atoms with van der Waals surface area (Å²) in [7, 11) is 0. The first-order valence-corrected chi connectivity index (χ1v) is 9.72. The predicted octanol–water partition coefficient (Wildman–Crippen LogP) is 3.76. The third-order valence-electron chi connectivity index (χ3n) is 5.77. The Morgan fingerprint density at radius 2 is 1.76 bits per heavy atom. The summed E-state index contributed by atoms with van der Waals surface area (Å²) in [6.07, 6.45) is 1.20. The molecule has 0 aliphatic carbocycles. The van der Waals surface area contributed by atoms with Gasteiger partial charge >= 0.3 is 0 Å². The molecular formula is C22H28Cl2FN3O. The van der Waals surface area contributed by atoms with Gasteiger partial charge in [-0.2, -0.15) is 0 Å². The first-order valence-electron chi connectivity index (χ1n) is 9.72. The number of rotatable bonds is 3. The summed E-state index contributed by atoms with van der Waals surface area (Å²) in [6, 6.07) is 13.3. The first-order chi connectivity index (χ1) is 13.1. The largest absolute Gasteiger partial charge is 0.336 e. The number of piperazine rings is 1. The van der Waals surface area contributed by atoms with E-state index in [9.17, 15) is 9.18 Å². The van der Waals surface area contributed by atoms with E-state index in [4.69, 9.17) is 0 Å². The van der Waals surface area contributed by atoms with E-state index in [0.717, 1.165) is 50.4 Å². The molecule has 1 unspecified atom stereocenters. The molecule has 0 radical (unpaired) electrons. The molecule has 4 nitrogen and oxygen atoms in total. The highest BCUT2D eigenvalue weighted by atomic mass is 35.5. The number of hydrogen-bond acceptors (Lipinski definition) is 3. The minimum absolute atomic E-state index is 0. The average Bonchev–Trinajstić information content (AvgIpc) is 3.25. The van der Waals surface area contributed by atoms with Crippen molar-refractivity contribution in [1.82, 2.24) is 15.1 Å². The lowest BCUT2D eigenvalue weighted by molar-refractivity contribution is 0.0584. The van der Waals surface area contributed by atoms with Crippen LogP contribution in [0.2, 0.25) is 0 Å². The van der Waals surface area contributed by atoms with Crippen LogP contribution in [-0.4, -0.2) is 61.0 Å². The standard InChI is InChI=1S/C22H26FN3O.2ClH/c1-16-5-6-18(14-21(16)23)17-3-2-4-19(13-17)22(27)26-11-9-25(10-12-26)20-7-8-24-15-20;;/h2-6,13-14,20,24H,7-12,15H2,1H3;2*1H. The second-order valence-electron chi connectivity index (χ2n) is 7.52. The molecular weight excluding hydrogens is 412 g/mol. The lowest BCUT2D eigenvalue weighted by atomic mass is 10.0. The van der Waals surface area contributed by atoms with E-state index in [1.807, 2.05) is 35.2 Å². The van der Waals surface area contributed by atoms with Gasteiger partial charge < -0.3 is 10.2 Å². The minimum atomic E-state index is -0.221. The molecule has 158 valence electrons. The van der Waals surface area contributed by atoms with Crippen LogP contribution in [-0.2, 0) is 0 Å². The van der Waals surface area contributed by atoms with Crippen molar-refractivity contribution in [3.63, 3.8) is 0 Å². The average molecular weight is 440 g/mol. The molecule has 2 aromatic rings. The van der Waals surface area contributed by atoms with Gasteiger partial charge in [0.25, 0.3) is 5.91 Å². The van der Waals surface area contributed by atoms with Gasteiger partial charge in [-0.05, 0) is 54.8 Å². The zero-order valence-corrected chi connectivity index (χ0v) is 18.2. The number of hydrogen-bond donors (Lipinski definition) is 1. The van der Waals surface area contributed by atoms with Crippen LogP contribution >= 0.6 is 24.8 Å². The fraction of sp³-hybridized carbons (Fsp3) is 0.409. The maximum Gasteiger partial charge on any atom is 0.253 e. The van der Waals surface area contributed by atoms with Crippen LogP contribution < -0.4 is 5.32 Å². The van der Waals surface area contributed by atoms with Gasteiger partial charge in [0.2, 0.25) is 0 Å². The summed E-state index contributed by atoms with van der Waals surface area (Å²) < 4.78 is 13.9. The second kappa shape index (κ2) is 10.4. The van der Waals surface area contributed by atoms with Crippen LogP contribution in [0.5, 0.6) is 0 Å². The van der Waals surface area contributed by atoms with E-state index >= 15 is 0 Å². The Morgan fingerprint density at radius 3 is 2.41 bits per heavy atom. The quantitative estimate of drug-likeness (QED) is 0.790. The molecule has 1 amide bonds. The van der Waals surface area contributed by atoms with Gasteiger partial charge in [-0.15, -0.1) is 24.8 Å². The van der Waals surface area contributed by atoms with Crippen molar-refractivity contribution in [2.75, 3.05) is 39.3 Å². The Hall–Kier alpha value is -1.66. The highest BCUT2D eigenvalue weighted by molar-refractivity contribution is 5.95. The summed E-state index contributed by atoms with van der Waals surface area (Å²) in [4.78, 5) is 17.4. The van der Waals surface area contributed by atoms with Crippen molar-refractivity contribution in [3.05, 3.63) is 59.4 Å².